The molecular weight excluding hydrogens is 317 g/mol. The first-order valence-corrected chi connectivity index (χ1v) is 7.48. The Hall–Kier alpha value is -2.70. The van der Waals surface area contributed by atoms with Crippen molar-refractivity contribution < 1.29 is 13.2 Å². The van der Waals surface area contributed by atoms with Crippen LogP contribution in [0.5, 0.6) is 0 Å². The van der Waals surface area contributed by atoms with Gasteiger partial charge >= 0.3 is 6.18 Å². The Balaban J connectivity index is 1.85. The third kappa shape index (κ3) is 3.02. The minimum atomic E-state index is -4.36. The molecule has 1 aromatic carbocycles. The number of nitrogens with one attached hydrogen (secondary N) is 3. The molecule has 3 rings (SSSR count). The lowest BCUT2D eigenvalue weighted by atomic mass is 9.96. The fourth-order valence-electron chi connectivity index (χ4n) is 2.82. The number of rotatable bonds is 2. The molecule has 0 aliphatic carbocycles. The van der Waals surface area contributed by atoms with Crippen LogP contribution in [0.15, 0.2) is 59.1 Å². The first kappa shape index (κ1) is 16.2. The lowest BCUT2D eigenvalue weighted by Crippen LogP contribution is -2.34. The molecule has 7 heteroatoms. The molecule has 0 amide bonds. The Morgan fingerprint density at radius 1 is 1.21 bits per heavy atom. The van der Waals surface area contributed by atoms with Gasteiger partial charge in [0.05, 0.1) is 11.6 Å². The lowest BCUT2D eigenvalue weighted by Gasteiger charge is -2.25. The second-order valence-electron chi connectivity index (χ2n) is 5.63. The molecule has 0 bridgehead atoms. The van der Waals surface area contributed by atoms with Crippen molar-refractivity contribution in [1.29, 1.82) is 0 Å². The Kier molecular flexibility index (Phi) is 4.09. The third-order valence-electron chi connectivity index (χ3n) is 4.05. The Bertz CT molecular complexity index is 773. The van der Waals surface area contributed by atoms with Crippen molar-refractivity contribution >= 4 is 5.84 Å². The summed E-state index contributed by atoms with van der Waals surface area (Å²) in [5.74, 6) is 0.577. The smallest absolute Gasteiger partial charge is 0.367 e. The van der Waals surface area contributed by atoms with E-state index in [0.29, 0.717) is 11.4 Å². The molecule has 24 heavy (non-hydrogen) atoms. The average molecular weight is 334 g/mol. The first-order valence-electron chi connectivity index (χ1n) is 7.48. The molecule has 126 valence electrons. The minimum absolute atomic E-state index is 0.223. The van der Waals surface area contributed by atoms with Crippen LogP contribution in [-0.2, 0) is 6.18 Å². The summed E-state index contributed by atoms with van der Waals surface area (Å²) >= 11 is 0. The van der Waals surface area contributed by atoms with E-state index in [0.717, 1.165) is 17.2 Å². The maximum absolute atomic E-state index is 13.1. The molecule has 1 atom stereocenters. The Morgan fingerprint density at radius 2 is 2.00 bits per heavy atom. The van der Waals surface area contributed by atoms with Crippen LogP contribution in [-0.4, -0.2) is 5.84 Å². The fraction of sp³-hybridized carbons (Fsp3) is 0.235. The van der Waals surface area contributed by atoms with Crippen LogP contribution in [0.1, 0.15) is 29.7 Å². The zero-order valence-corrected chi connectivity index (χ0v) is 13.2. The highest BCUT2D eigenvalue weighted by molar-refractivity contribution is 6.03. The van der Waals surface area contributed by atoms with E-state index in [1.54, 1.807) is 24.7 Å². The summed E-state index contributed by atoms with van der Waals surface area (Å²) in [6.45, 7) is 3.31. The van der Waals surface area contributed by atoms with Crippen molar-refractivity contribution in [2.75, 3.05) is 0 Å². The number of alkyl halides is 3. The molecule has 0 aromatic heterocycles. The molecule has 4 nitrogen and oxygen atoms in total. The zero-order chi connectivity index (χ0) is 17.3. The van der Waals surface area contributed by atoms with Crippen molar-refractivity contribution in [2.45, 2.75) is 26.1 Å². The molecule has 0 saturated heterocycles. The van der Waals surface area contributed by atoms with E-state index in [2.05, 4.69) is 21.2 Å². The summed E-state index contributed by atoms with van der Waals surface area (Å²) in [5, 5.41) is 10.4. The molecule has 0 fully saturated rings. The summed E-state index contributed by atoms with van der Waals surface area (Å²) < 4.78 is 39.3. The molecule has 0 spiro atoms. The highest BCUT2D eigenvalue weighted by atomic mass is 19.4. The van der Waals surface area contributed by atoms with Crippen molar-refractivity contribution in [3.05, 3.63) is 70.7 Å². The molecule has 2 heterocycles. The van der Waals surface area contributed by atoms with Gasteiger partial charge < -0.3 is 10.6 Å². The second-order valence-corrected chi connectivity index (χ2v) is 5.63. The quantitative estimate of drug-likeness (QED) is 0.776. The van der Waals surface area contributed by atoms with E-state index in [1.807, 2.05) is 13.0 Å². The van der Waals surface area contributed by atoms with E-state index >= 15 is 0 Å². The second kappa shape index (κ2) is 6.07. The number of hydrazone groups is 1. The molecule has 1 unspecified atom stereocenters. The van der Waals surface area contributed by atoms with E-state index in [1.165, 1.54) is 13.0 Å². The van der Waals surface area contributed by atoms with Gasteiger partial charge in [-0.15, -0.1) is 0 Å². The van der Waals surface area contributed by atoms with E-state index in [-0.39, 0.29) is 11.6 Å². The normalized spacial score (nSPS) is 17.6. The number of allylic oxidation sites excluding steroid dienone is 1. The number of hydrogen-bond donors (Lipinski definition) is 3. The van der Waals surface area contributed by atoms with Crippen LogP contribution in [0.4, 0.5) is 13.2 Å². The number of amidine groups is 1. The largest absolute Gasteiger partial charge is 0.416 e. The first-order chi connectivity index (χ1) is 11.4. The number of dihydropyridines is 1. The van der Waals surface area contributed by atoms with Crippen molar-refractivity contribution in [2.24, 2.45) is 5.10 Å². The van der Waals surface area contributed by atoms with Gasteiger partial charge in [0.2, 0.25) is 0 Å². The van der Waals surface area contributed by atoms with Crippen LogP contribution in [0.2, 0.25) is 0 Å². The molecule has 2 aliphatic rings. The van der Waals surface area contributed by atoms with Gasteiger partial charge in [-0.3, -0.25) is 5.43 Å². The van der Waals surface area contributed by atoms with Crippen molar-refractivity contribution in [3.63, 3.8) is 0 Å². The van der Waals surface area contributed by atoms with Gasteiger partial charge in [0.25, 0.3) is 0 Å². The topological polar surface area (TPSA) is 48.5 Å². The van der Waals surface area contributed by atoms with Gasteiger partial charge in [0.1, 0.15) is 0 Å². The molecular formula is C17H17F3N4. The summed E-state index contributed by atoms with van der Waals surface area (Å²) in [4.78, 5) is 0. The van der Waals surface area contributed by atoms with Gasteiger partial charge in [-0.1, -0.05) is 12.1 Å². The summed E-state index contributed by atoms with van der Waals surface area (Å²) in [6.07, 6.45) is 2.87. The van der Waals surface area contributed by atoms with E-state index in [4.69, 9.17) is 0 Å². The van der Waals surface area contributed by atoms with Crippen molar-refractivity contribution in [1.82, 2.24) is 16.1 Å². The van der Waals surface area contributed by atoms with Crippen LogP contribution in [0.25, 0.3) is 0 Å². The van der Waals surface area contributed by atoms with Crippen LogP contribution in [0, 0.1) is 6.92 Å². The highest BCUT2D eigenvalue weighted by Crippen LogP contribution is 2.34. The standard InChI is InChI=1S/C17H17F3N4/c1-10-13(4-3-5-15(10)17(18,19)20)11(2)23-16-14-9-21-7-6-12(14)8-22-24-16/h3-9,11,21-22H,1-2H3,(H,23,24). The maximum Gasteiger partial charge on any atom is 0.416 e. The van der Waals surface area contributed by atoms with Gasteiger partial charge in [-0.05, 0) is 37.1 Å². The fourth-order valence-corrected chi connectivity index (χ4v) is 2.82. The lowest BCUT2D eigenvalue weighted by molar-refractivity contribution is -0.138. The van der Waals surface area contributed by atoms with Gasteiger partial charge in [-0.2, -0.15) is 18.3 Å². The number of hydrogen-bond acceptors (Lipinski definition) is 4. The summed E-state index contributed by atoms with van der Waals surface area (Å²) in [5.41, 5.74) is 4.80. The monoisotopic (exact) mass is 334 g/mol. The van der Waals surface area contributed by atoms with E-state index in [9.17, 15) is 13.2 Å². The number of benzene rings is 1. The maximum atomic E-state index is 13.1. The molecule has 0 saturated carbocycles. The zero-order valence-electron chi connectivity index (χ0n) is 13.2. The predicted octanol–water partition coefficient (Wildman–Crippen LogP) is 3.47. The number of halogens is 3. The van der Waals surface area contributed by atoms with Gasteiger partial charge in [-0.25, -0.2) is 0 Å². The molecule has 0 radical (unpaired) electrons. The number of nitrogens with zero attached hydrogens (tertiary/aromatic N) is 1. The predicted molar refractivity (Wildman–Crippen MR) is 86.7 cm³/mol. The molecule has 1 aromatic rings. The Labute approximate surface area is 137 Å². The molecule has 2 aliphatic heterocycles. The minimum Gasteiger partial charge on any atom is -0.367 e. The van der Waals surface area contributed by atoms with Crippen molar-refractivity contribution in [3.8, 4) is 0 Å². The molecule has 3 N–H and O–H groups in total. The van der Waals surface area contributed by atoms with Gasteiger partial charge in [0, 0.05) is 29.7 Å². The van der Waals surface area contributed by atoms with Crippen LogP contribution < -0.4 is 16.1 Å². The summed E-state index contributed by atoms with van der Waals surface area (Å²) in [7, 11) is 0. The SMILES string of the molecule is Cc1c(C(C)NC2=NNC=C3C=CNC=C32)cccc1C(F)(F)F. The van der Waals surface area contributed by atoms with Crippen LogP contribution in [0.3, 0.4) is 0 Å². The van der Waals surface area contributed by atoms with Crippen LogP contribution >= 0.6 is 0 Å². The Morgan fingerprint density at radius 3 is 2.75 bits per heavy atom. The third-order valence-corrected chi connectivity index (χ3v) is 4.05. The van der Waals surface area contributed by atoms with E-state index < -0.39 is 11.7 Å². The summed E-state index contributed by atoms with van der Waals surface area (Å²) in [6, 6.07) is 3.90. The highest BCUT2D eigenvalue weighted by Gasteiger charge is 2.33. The number of fused-ring (bicyclic) bond motifs is 1. The average Bonchev–Trinajstić information content (AvgIpc) is 2.54. The van der Waals surface area contributed by atoms with Gasteiger partial charge in [0.15, 0.2) is 5.84 Å².